The molecule has 32 heavy (non-hydrogen) atoms. The zero-order chi connectivity index (χ0) is 22.7. The fourth-order valence-electron chi connectivity index (χ4n) is 5.44. The fraction of sp³-hybridized carbons (Fsp3) is 0.607. The van der Waals surface area contributed by atoms with Crippen LogP contribution in [0.25, 0.3) is 10.8 Å². The number of ether oxygens (including phenoxy) is 2. The van der Waals surface area contributed by atoms with Gasteiger partial charge in [0.25, 0.3) is 0 Å². The zero-order valence-corrected chi connectivity index (χ0v) is 20.2. The van der Waals surface area contributed by atoms with Crippen molar-refractivity contribution in [2.45, 2.75) is 84.9 Å². The van der Waals surface area contributed by atoms with Crippen LogP contribution in [0.4, 0.5) is 0 Å². The molecule has 0 unspecified atom stereocenters. The van der Waals surface area contributed by atoms with Crippen molar-refractivity contribution in [1.82, 2.24) is 4.90 Å². The van der Waals surface area contributed by atoms with E-state index in [9.17, 15) is 4.79 Å². The topological polar surface area (TPSA) is 38.8 Å². The van der Waals surface area contributed by atoms with Gasteiger partial charge in [0.1, 0.15) is 11.8 Å². The van der Waals surface area contributed by atoms with E-state index in [2.05, 4.69) is 62.1 Å². The Bertz CT molecular complexity index is 924. The second kappa shape index (κ2) is 9.82. The van der Waals surface area contributed by atoms with Crippen molar-refractivity contribution in [2.75, 3.05) is 13.2 Å². The summed E-state index contributed by atoms with van der Waals surface area (Å²) in [4.78, 5) is 14.5. The number of hydrogen-bond acceptors (Lipinski definition) is 4. The highest BCUT2D eigenvalue weighted by Gasteiger charge is 2.32. The van der Waals surface area contributed by atoms with Crippen molar-refractivity contribution < 1.29 is 14.3 Å². The van der Waals surface area contributed by atoms with Crippen LogP contribution in [0.15, 0.2) is 36.4 Å². The van der Waals surface area contributed by atoms with Crippen molar-refractivity contribution in [3.05, 3.63) is 42.0 Å². The van der Waals surface area contributed by atoms with Gasteiger partial charge in [0.2, 0.25) is 0 Å². The molecule has 2 aromatic rings. The molecular weight excluding hydrogens is 398 g/mol. The van der Waals surface area contributed by atoms with Gasteiger partial charge in [-0.15, -0.1) is 0 Å². The highest BCUT2D eigenvalue weighted by atomic mass is 16.5. The number of likely N-dealkylation sites (tertiary alicyclic amines) is 1. The van der Waals surface area contributed by atoms with Gasteiger partial charge in [0.15, 0.2) is 0 Å². The Morgan fingerprint density at radius 2 is 1.72 bits per heavy atom. The number of hydrogen-bond donors (Lipinski definition) is 0. The van der Waals surface area contributed by atoms with Crippen LogP contribution in [0, 0.1) is 11.3 Å². The van der Waals surface area contributed by atoms with E-state index in [0.29, 0.717) is 18.1 Å². The van der Waals surface area contributed by atoms with E-state index in [0.717, 1.165) is 50.4 Å². The highest BCUT2D eigenvalue weighted by molar-refractivity contribution is 5.84. The van der Waals surface area contributed by atoms with Crippen molar-refractivity contribution in [1.29, 1.82) is 0 Å². The van der Waals surface area contributed by atoms with Crippen molar-refractivity contribution >= 4 is 16.7 Å². The average molecular weight is 438 g/mol. The van der Waals surface area contributed by atoms with E-state index >= 15 is 0 Å². The minimum Gasteiger partial charge on any atom is -0.490 e. The van der Waals surface area contributed by atoms with Gasteiger partial charge in [-0.1, -0.05) is 39.0 Å². The van der Waals surface area contributed by atoms with Crippen LogP contribution in [-0.2, 0) is 16.1 Å². The lowest BCUT2D eigenvalue weighted by Gasteiger charge is -2.37. The second-order valence-corrected chi connectivity index (χ2v) is 10.7. The second-order valence-electron chi connectivity index (χ2n) is 10.7. The van der Waals surface area contributed by atoms with E-state index in [4.69, 9.17) is 9.47 Å². The quantitative estimate of drug-likeness (QED) is 0.494. The van der Waals surface area contributed by atoms with E-state index < -0.39 is 0 Å². The number of benzene rings is 2. The van der Waals surface area contributed by atoms with Gasteiger partial charge < -0.3 is 9.47 Å². The maximum Gasteiger partial charge on any atom is 0.323 e. The van der Waals surface area contributed by atoms with Crippen molar-refractivity contribution in [3.8, 4) is 5.75 Å². The SMILES string of the molecule is CCOC(=O)[C@@H]1CCCN1Cc1ccc2cc(OC3CCC(C(C)(C)C)CC3)ccc2c1. The van der Waals surface area contributed by atoms with E-state index in [-0.39, 0.29) is 12.0 Å². The monoisotopic (exact) mass is 437 g/mol. The Morgan fingerprint density at radius 1 is 1.00 bits per heavy atom. The molecule has 2 fully saturated rings. The molecular formula is C28H39NO3. The Hall–Kier alpha value is -2.07. The minimum absolute atomic E-state index is 0.0795. The van der Waals surface area contributed by atoms with Crippen LogP contribution in [0.2, 0.25) is 0 Å². The Kier molecular flexibility index (Phi) is 7.09. The van der Waals surface area contributed by atoms with Gasteiger partial charge in [-0.05, 0) is 97.9 Å². The summed E-state index contributed by atoms with van der Waals surface area (Å²) in [6.07, 6.45) is 7.09. The number of nitrogens with zero attached hydrogens (tertiary/aromatic N) is 1. The minimum atomic E-state index is -0.102. The lowest BCUT2D eigenvalue weighted by atomic mass is 9.72. The maximum atomic E-state index is 12.2. The lowest BCUT2D eigenvalue weighted by Crippen LogP contribution is -2.36. The van der Waals surface area contributed by atoms with E-state index in [1.165, 1.54) is 29.2 Å². The van der Waals surface area contributed by atoms with Crippen LogP contribution in [0.5, 0.6) is 5.75 Å². The van der Waals surface area contributed by atoms with Gasteiger partial charge in [-0.3, -0.25) is 9.69 Å². The normalized spacial score (nSPS) is 24.6. The molecule has 0 amide bonds. The number of fused-ring (bicyclic) bond motifs is 1. The first-order chi connectivity index (χ1) is 15.3. The predicted molar refractivity (Wildman–Crippen MR) is 130 cm³/mol. The van der Waals surface area contributed by atoms with E-state index in [1.54, 1.807) is 0 Å². The molecule has 1 atom stereocenters. The van der Waals surface area contributed by atoms with Crippen molar-refractivity contribution in [3.63, 3.8) is 0 Å². The molecule has 1 aliphatic carbocycles. The average Bonchev–Trinajstić information content (AvgIpc) is 3.22. The van der Waals surface area contributed by atoms with Gasteiger partial charge in [-0.2, -0.15) is 0 Å². The first kappa shape index (κ1) is 23.1. The smallest absolute Gasteiger partial charge is 0.323 e. The molecule has 0 bridgehead atoms. The van der Waals surface area contributed by atoms with Crippen LogP contribution >= 0.6 is 0 Å². The van der Waals surface area contributed by atoms with Crippen molar-refractivity contribution in [2.24, 2.45) is 11.3 Å². The third-order valence-electron chi connectivity index (χ3n) is 7.39. The molecule has 0 aromatic heterocycles. The number of esters is 1. The Labute approximate surface area is 193 Å². The summed E-state index contributed by atoms with van der Waals surface area (Å²) in [5.41, 5.74) is 1.64. The molecule has 0 N–H and O–H groups in total. The molecule has 4 rings (SSSR count). The number of carbonyl (C=O) groups excluding carboxylic acids is 1. The standard InChI is InChI=1S/C28H39NO3/c1-5-31-27(30)26-7-6-16-29(26)19-20-8-9-22-18-25(13-10-21(22)17-20)32-24-14-11-23(12-15-24)28(2,3)4/h8-10,13,17-18,23-24,26H,5-7,11-12,14-16,19H2,1-4H3/t23?,24?,26-/m0/s1. The Morgan fingerprint density at radius 3 is 2.44 bits per heavy atom. The summed E-state index contributed by atoms with van der Waals surface area (Å²) in [5.74, 6) is 1.70. The molecule has 1 saturated heterocycles. The molecule has 4 nitrogen and oxygen atoms in total. The summed E-state index contributed by atoms with van der Waals surface area (Å²) in [7, 11) is 0. The summed E-state index contributed by atoms with van der Waals surface area (Å²) in [5, 5.41) is 2.43. The molecule has 1 saturated carbocycles. The lowest BCUT2D eigenvalue weighted by molar-refractivity contribution is -0.148. The first-order valence-electron chi connectivity index (χ1n) is 12.4. The summed E-state index contributed by atoms with van der Waals surface area (Å²) >= 11 is 0. The molecule has 0 spiro atoms. The largest absolute Gasteiger partial charge is 0.490 e. The fourth-order valence-corrected chi connectivity index (χ4v) is 5.44. The molecule has 1 heterocycles. The van der Waals surface area contributed by atoms with Crippen LogP contribution in [-0.4, -0.2) is 36.2 Å². The van der Waals surface area contributed by atoms with E-state index in [1.807, 2.05) is 6.92 Å². The van der Waals surface area contributed by atoms with Crippen LogP contribution in [0.1, 0.15) is 71.8 Å². The molecule has 0 radical (unpaired) electrons. The highest BCUT2D eigenvalue weighted by Crippen LogP contribution is 2.39. The predicted octanol–water partition coefficient (Wildman–Crippen LogP) is 6.35. The summed E-state index contributed by atoms with van der Waals surface area (Å²) < 4.78 is 11.6. The Balaban J connectivity index is 1.38. The number of carbonyl (C=O) groups is 1. The van der Waals surface area contributed by atoms with Crippen LogP contribution < -0.4 is 4.74 Å². The molecule has 2 aliphatic rings. The molecule has 2 aromatic carbocycles. The van der Waals surface area contributed by atoms with Crippen LogP contribution in [0.3, 0.4) is 0 Å². The van der Waals surface area contributed by atoms with Gasteiger partial charge >= 0.3 is 5.97 Å². The summed E-state index contributed by atoms with van der Waals surface area (Å²) in [6.45, 7) is 11.1. The van der Waals surface area contributed by atoms with Gasteiger partial charge in [-0.25, -0.2) is 0 Å². The maximum absolute atomic E-state index is 12.2. The molecule has 1 aliphatic heterocycles. The molecule has 174 valence electrons. The molecule has 4 heteroatoms. The summed E-state index contributed by atoms with van der Waals surface area (Å²) in [6, 6.07) is 13.0. The first-order valence-corrected chi connectivity index (χ1v) is 12.4. The third kappa shape index (κ3) is 5.46. The van der Waals surface area contributed by atoms with Gasteiger partial charge in [0.05, 0.1) is 12.7 Å². The number of rotatable bonds is 6. The zero-order valence-electron chi connectivity index (χ0n) is 20.2. The van der Waals surface area contributed by atoms with Gasteiger partial charge in [0, 0.05) is 6.54 Å². The third-order valence-corrected chi connectivity index (χ3v) is 7.39.